The number of benzene rings is 1. The second-order valence-electron chi connectivity index (χ2n) is 4.78. The van der Waals surface area contributed by atoms with E-state index >= 15 is 0 Å². The van der Waals surface area contributed by atoms with Crippen LogP contribution in [0.5, 0.6) is 5.75 Å². The lowest BCUT2D eigenvalue weighted by Crippen LogP contribution is -2.18. The van der Waals surface area contributed by atoms with Gasteiger partial charge < -0.3 is 10.1 Å². The summed E-state index contributed by atoms with van der Waals surface area (Å²) in [5, 5.41) is 2.52. The molecule has 0 aliphatic rings. The van der Waals surface area contributed by atoms with Crippen molar-refractivity contribution in [3.63, 3.8) is 0 Å². The van der Waals surface area contributed by atoms with Gasteiger partial charge in [0.2, 0.25) is 0 Å². The van der Waals surface area contributed by atoms with Crippen molar-refractivity contribution in [3.05, 3.63) is 47.9 Å². The number of nitrogens with zero attached hydrogens (tertiary/aromatic N) is 2. The van der Waals surface area contributed by atoms with Crippen LogP contribution < -0.4 is 10.1 Å². The van der Waals surface area contributed by atoms with E-state index in [4.69, 9.17) is 4.74 Å². The Hall–Kier alpha value is -2.64. The SMILES string of the molecule is COc1cncnc1NC(=O)c1ccc(C(C)C(F)(F)F)cc1. The van der Waals surface area contributed by atoms with Crippen LogP contribution in [0.2, 0.25) is 0 Å². The van der Waals surface area contributed by atoms with E-state index in [2.05, 4.69) is 15.3 Å². The van der Waals surface area contributed by atoms with Crippen LogP contribution in [-0.4, -0.2) is 29.2 Å². The van der Waals surface area contributed by atoms with Gasteiger partial charge >= 0.3 is 6.18 Å². The Labute approximate surface area is 130 Å². The monoisotopic (exact) mass is 325 g/mol. The summed E-state index contributed by atoms with van der Waals surface area (Å²) in [5.74, 6) is -1.64. The highest BCUT2D eigenvalue weighted by molar-refractivity contribution is 6.04. The van der Waals surface area contributed by atoms with Crippen molar-refractivity contribution >= 4 is 11.7 Å². The number of alkyl halides is 3. The van der Waals surface area contributed by atoms with Crippen molar-refractivity contribution in [2.24, 2.45) is 0 Å². The zero-order chi connectivity index (χ0) is 17.0. The molecule has 0 fully saturated rings. The van der Waals surface area contributed by atoms with Crippen LogP contribution in [-0.2, 0) is 0 Å². The molecule has 0 bridgehead atoms. The third-order valence-corrected chi connectivity index (χ3v) is 3.29. The Morgan fingerprint density at radius 1 is 1.26 bits per heavy atom. The molecule has 1 atom stereocenters. The lowest BCUT2D eigenvalue weighted by Gasteiger charge is -2.16. The lowest BCUT2D eigenvalue weighted by atomic mass is 9.99. The van der Waals surface area contributed by atoms with Crippen LogP contribution in [0.3, 0.4) is 0 Å². The van der Waals surface area contributed by atoms with Gasteiger partial charge in [-0.15, -0.1) is 0 Å². The fraction of sp³-hybridized carbons (Fsp3) is 0.267. The standard InChI is InChI=1S/C15H14F3N3O2/c1-9(15(16,17)18)10-3-5-11(6-4-10)14(22)21-13-12(23-2)7-19-8-20-13/h3-9H,1-2H3,(H,19,20,21,22). The molecular weight excluding hydrogens is 311 g/mol. The number of anilines is 1. The molecule has 0 spiro atoms. The van der Waals surface area contributed by atoms with Crippen LogP contribution in [0.15, 0.2) is 36.8 Å². The van der Waals surface area contributed by atoms with Gasteiger partial charge in [0, 0.05) is 5.56 Å². The molecule has 0 aliphatic heterocycles. The average Bonchev–Trinajstić information content (AvgIpc) is 2.54. The molecule has 1 amide bonds. The maximum absolute atomic E-state index is 12.7. The molecule has 23 heavy (non-hydrogen) atoms. The molecule has 0 saturated heterocycles. The number of hydrogen-bond acceptors (Lipinski definition) is 4. The molecule has 2 aromatic rings. The largest absolute Gasteiger partial charge is 0.491 e. The van der Waals surface area contributed by atoms with Crippen molar-refractivity contribution in [2.45, 2.75) is 19.0 Å². The molecule has 5 nitrogen and oxygen atoms in total. The van der Waals surface area contributed by atoms with Crippen LogP contribution in [0.1, 0.15) is 28.8 Å². The summed E-state index contributed by atoms with van der Waals surface area (Å²) in [6.45, 7) is 1.07. The summed E-state index contributed by atoms with van der Waals surface area (Å²) in [6.07, 6.45) is -1.69. The molecule has 8 heteroatoms. The zero-order valence-electron chi connectivity index (χ0n) is 12.4. The molecule has 0 aliphatic carbocycles. The van der Waals surface area contributed by atoms with Gasteiger partial charge in [-0.2, -0.15) is 13.2 Å². The molecule has 1 heterocycles. The molecule has 1 aromatic carbocycles. The fourth-order valence-electron chi connectivity index (χ4n) is 1.85. The maximum atomic E-state index is 12.7. The minimum atomic E-state index is -4.32. The summed E-state index contributed by atoms with van der Waals surface area (Å²) >= 11 is 0. The van der Waals surface area contributed by atoms with Gasteiger partial charge in [0.05, 0.1) is 19.2 Å². The quantitative estimate of drug-likeness (QED) is 0.936. The number of halogens is 3. The van der Waals surface area contributed by atoms with Crippen LogP contribution >= 0.6 is 0 Å². The minimum Gasteiger partial charge on any atom is -0.491 e. The number of carbonyl (C=O) groups is 1. The number of methoxy groups -OCH3 is 1. The van der Waals surface area contributed by atoms with Crippen molar-refractivity contribution in [1.29, 1.82) is 0 Å². The van der Waals surface area contributed by atoms with Gasteiger partial charge in [0.1, 0.15) is 6.33 Å². The molecule has 122 valence electrons. The Balaban J connectivity index is 2.15. The van der Waals surface area contributed by atoms with Gasteiger partial charge in [-0.1, -0.05) is 12.1 Å². The Kier molecular flexibility index (Phi) is 4.83. The molecule has 1 N–H and O–H groups in total. The van der Waals surface area contributed by atoms with Gasteiger partial charge in [0.15, 0.2) is 11.6 Å². The second kappa shape index (κ2) is 6.64. The fourth-order valence-corrected chi connectivity index (χ4v) is 1.85. The first kappa shape index (κ1) is 16.7. The van der Waals surface area contributed by atoms with E-state index in [9.17, 15) is 18.0 Å². The van der Waals surface area contributed by atoms with E-state index in [1.165, 1.54) is 43.9 Å². The smallest absolute Gasteiger partial charge is 0.395 e. The summed E-state index contributed by atoms with van der Waals surface area (Å²) in [6, 6.07) is 5.23. The number of hydrogen-bond donors (Lipinski definition) is 1. The van der Waals surface area contributed by atoms with E-state index < -0.39 is 18.0 Å². The number of aromatic nitrogens is 2. The van der Waals surface area contributed by atoms with E-state index in [-0.39, 0.29) is 22.7 Å². The van der Waals surface area contributed by atoms with Crippen LogP contribution in [0.25, 0.3) is 0 Å². The molecule has 1 aromatic heterocycles. The highest BCUT2D eigenvalue weighted by Gasteiger charge is 2.36. The lowest BCUT2D eigenvalue weighted by molar-refractivity contribution is -0.146. The predicted octanol–water partition coefficient (Wildman–Crippen LogP) is 3.40. The Morgan fingerprint density at radius 3 is 2.48 bits per heavy atom. The van der Waals surface area contributed by atoms with E-state index in [0.29, 0.717) is 0 Å². The number of amides is 1. The van der Waals surface area contributed by atoms with Gasteiger partial charge in [0.25, 0.3) is 5.91 Å². The number of ether oxygens (including phenoxy) is 1. The highest BCUT2D eigenvalue weighted by Crippen LogP contribution is 2.34. The van der Waals surface area contributed by atoms with Gasteiger partial charge in [-0.3, -0.25) is 4.79 Å². The third kappa shape index (κ3) is 3.97. The summed E-state index contributed by atoms with van der Waals surface area (Å²) in [4.78, 5) is 19.7. The maximum Gasteiger partial charge on any atom is 0.395 e. The topological polar surface area (TPSA) is 64.1 Å². The zero-order valence-corrected chi connectivity index (χ0v) is 12.4. The van der Waals surface area contributed by atoms with Crippen LogP contribution in [0.4, 0.5) is 19.0 Å². The van der Waals surface area contributed by atoms with Crippen molar-refractivity contribution in [1.82, 2.24) is 9.97 Å². The first-order chi connectivity index (χ1) is 10.8. The summed E-state index contributed by atoms with van der Waals surface area (Å²) in [7, 11) is 1.40. The predicted molar refractivity (Wildman–Crippen MR) is 77.4 cm³/mol. The van der Waals surface area contributed by atoms with Crippen LogP contribution in [0, 0.1) is 0 Å². The molecule has 2 rings (SSSR count). The Bertz CT molecular complexity index is 687. The summed E-state index contributed by atoms with van der Waals surface area (Å²) in [5.41, 5.74) is 0.303. The number of nitrogens with one attached hydrogen (secondary N) is 1. The average molecular weight is 325 g/mol. The van der Waals surface area contributed by atoms with E-state index in [1.807, 2.05) is 0 Å². The first-order valence-corrected chi connectivity index (χ1v) is 6.65. The Morgan fingerprint density at radius 2 is 1.91 bits per heavy atom. The van der Waals surface area contributed by atoms with Crippen molar-refractivity contribution in [3.8, 4) is 5.75 Å². The highest BCUT2D eigenvalue weighted by atomic mass is 19.4. The first-order valence-electron chi connectivity index (χ1n) is 6.65. The molecular formula is C15H14F3N3O2. The summed E-state index contributed by atoms with van der Waals surface area (Å²) < 4.78 is 43.0. The van der Waals surface area contributed by atoms with Gasteiger partial charge in [-0.05, 0) is 24.6 Å². The van der Waals surface area contributed by atoms with E-state index in [0.717, 1.165) is 6.92 Å². The third-order valence-electron chi connectivity index (χ3n) is 3.29. The molecule has 0 radical (unpaired) electrons. The van der Waals surface area contributed by atoms with Crippen molar-refractivity contribution in [2.75, 3.05) is 12.4 Å². The minimum absolute atomic E-state index is 0.0914. The molecule has 1 unspecified atom stereocenters. The van der Waals surface area contributed by atoms with E-state index in [1.54, 1.807) is 0 Å². The van der Waals surface area contributed by atoms with Crippen molar-refractivity contribution < 1.29 is 22.7 Å². The number of carbonyl (C=O) groups excluding carboxylic acids is 1. The normalized spacial score (nSPS) is 12.6. The van der Waals surface area contributed by atoms with Gasteiger partial charge in [-0.25, -0.2) is 9.97 Å². The molecule has 0 saturated carbocycles. The number of rotatable bonds is 4. The second-order valence-corrected chi connectivity index (χ2v) is 4.78.